The second-order valence-corrected chi connectivity index (χ2v) is 9.99. The van der Waals surface area contributed by atoms with Gasteiger partial charge in [0.25, 0.3) is 15.9 Å². The van der Waals surface area contributed by atoms with Gasteiger partial charge in [-0.1, -0.05) is 30.3 Å². The summed E-state index contributed by atoms with van der Waals surface area (Å²) >= 11 is 0. The van der Waals surface area contributed by atoms with Crippen LogP contribution in [-0.2, 0) is 21.4 Å². The molecule has 0 unspecified atom stereocenters. The number of carbonyl (C=O) groups excluding carboxylic acids is 2. The Morgan fingerprint density at radius 1 is 1.03 bits per heavy atom. The van der Waals surface area contributed by atoms with Gasteiger partial charge in [0, 0.05) is 18.2 Å². The summed E-state index contributed by atoms with van der Waals surface area (Å²) in [4.78, 5) is 27.5. The highest BCUT2D eigenvalue weighted by Crippen LogP contribution is 2.39. The number of hydrogen-bond acceptors (Lipinski definition) is 6. The number of carbonyl (C=O) groups is 2. The number of benzene rings is 2. The zero-order valence-electron chi connectivity index (χ0n) is 18.2. The minimum absolute atomic E-state index is 0.0455. The van der Waals surface area contributed by atoms with Crippen LogP contribution in [0.5, 0.6) is 11.5 Å². The van der Waals surface area contributed by atoms with Crippen LogP contribution in [0.15, 0.2) is 47.4 Å². The standard InChI is InChI=1S/C22H26N2O6S/c1-22(2,3)23(13-15-9-7-6-8-10-15)20(25)14-24-21(26)16-11-17(29-4)18(30-5)12-19(16)31(24,27)28/h6-12H,13-14H2,1-5H3. The summed E-state index contributed by atoms with van der Waals surface area (Å²) in [5, 5.41) is 0. The molecule has 166 valence electrons. The smallest absolute Gasteiger partial charge is 0.269 e. The number of methoxy groups -OCH3 is 2. The lowest BCUT2D eigenvalue weighted by molar-refractivity contribution is -0.136. The van der Waals surface area contributed by atoms with Crippen molar-refractivity contribution in [2.75, 3.05) is 20.8 Å². The van der Waals surface area contributed by atoms with Crippen molar-refractivity contribution in [3.05, 3.63) is 53.6 Å². The molecule has 1 aliphatic heterocycles. The Bertz CT molecular complexity index is 1110. The fourth-order valence-corrected chi connectivity index (χ4v) is 4.95. The van der Waals surface area contributed by atoms with Crippen molar-refractivity contribution in [1.29, 1.82) is 0 Å². The Balaban J connectivity index is 1.93. The van der Waals surface area contributed by atoms with Crippen LogP contribution in [0.2, 0.25) is 0 Å². The second kappa shape index (κ2) is 8.22. The van der Waals surface area contributed by atoms with Gasteiger partial charge in [-0.3, -0.25) is 9.59 Å². The summed E-state index contributed by atoms with van der Waals surface area (Å²) in [5.74, 6) is -0.817. The Kier molecular flexibility index (Phi) is 6.00. The van der Waals surface area contributed by atoms with Gasteiger partial charge in [-0.05, 0) is 32.4 Å². The van der Waals surface area contributed by atoms with E-state index in [4.69, 9.17) is 9.47 Å². The molecule has 2 amide bonds. The predicted molar refractivity (Wildman–Crippen MR) is 115 cm³/mol. The quantitative estimate of drug-likeness (QED) is 0.677. The molecular formula is C22H26N2O6S. The first kappa shape index (κ1) is 22.6. The Hall–Kier alpha value is -3.07. The monoisotopic (exact) mass is 446 g/mol. The second-order valence-electron chi connectivity index (χ2n) is 8.16. The van der Waals surface area contributed by atoms with Crippen molar-refractivity contribution in [2.24, 2.45) is 0 Å². The summed E-state index contributed by atoms with van der Waals surface area (Å²) in [6.07, 6.45) is 0. The fraction of sp³-hybridized carbons (Fsp3) is 0.364. The maximum atomic E-state index is 13.2. The molecule has 0 saturated heterocycles. The van der Waals surface area contributed by atoms with E-state index in [9.17, 15) is 18.0 Å². The normalized spacial score (nSPS) is 14.9. The molecule has 3 rings (SSSR count). The maximum Gasteiger partial charge on any atom is 0.269 e. The molecule has 0 aromatic heterocycles. The van der Waals surface area contributed by atoms with E-state index in [2.05, 4.69) is 0 Å². The summed E-state index contributed by atoms with van der Waals surface area (Å²) in [6, 6.07) is 12.0. The average molecular weight is 447 g/mol. The lowest BCUT2D eigenvalue weighted by atomic mass is 10.0. The molecule has 1 aliphatic rings. The highest BCUT2D eigenvalue weighted by Gasteiger charge is 2.44. The first-order chi connectivity index (χ1) is 14.5. The van der Waals surface area contributed by atoms with E-state index in [-0.39, 0.29) is 22.0 Å². The third-order valence-corrected chi connectivity index (χ3v) is 6.85. The first-order valence-electron chi connectivity index (χ1n) is 9.68. The topological polar surface area (TPSA) is 93.2 Å². The molecule has 0 spiro atoms. The Labute approximate surface area is 182 Å². The summed E-state index contributed by atoms with van der Waals surface area (Å²) < 4.78 is 37.1. The Morgan fingerprint density at radius 2 is 1.61 bits per heavy atom. The van der Waals surface area contributed by atoms with Gasteiger partial charge < -0.3 is 14.4 Å². The molecule has 0 atom stereocenters. The number of fused-ring (bicyclic) bond motifs is 1. The lowest BCUT2D eigenvalue weighted by Gasteiger charge is -2.36. The molecule has 0 radical (unpaired) electrons. The molecule has 8 nitrogen and oxygen atoms in total. The fourth-order valence-electron chi connectivity index (χ4n) is 3.43. The zero-order chi connectivity index (χ0) is 23.0. The molecular weight excluding hydrogens is 420 g/mol. The number of nitrogens with zero attached hydrogens (tertiary/aromatic N) is 2. The van der Waals surface area contributed by atoms with E-state index in [1.807, 2.05) is 51.1 Å². The van der Waals surface area contributed by atoms with Crippen molar-refractivity contribution >= 4 is 21.8 Å². The molecule has 0 N–H and O–H groups in total. The van der Waals surface area contributed by atoms with Crippen molar-refractivity contribution in [1.82, 2.24) is 9.21 Å². The van der Waals surface area contributed by atoms with E-state index in [1.165, 1.54) is 26.4 Å². The van der Waals surface area contributed by atoms with E-state index in [0.717, 1.165) is 5.56 Å². The number of amides is 2. The van der Waals surface area contributed by atoms with E-state index < -0.39 is 33.9 Å². The van der Waals surface area contributed by atoms with Gasteiger partial charge in [0.2, 0.25) is 5.91 Å². The third-order valence-electron chi connectivity index (χ3n) is 5.08. The van der Waals surface area contributed by atoms with Crippen LogP contribution in [0.3, 0.4) is 0 Å². The molecule has 2 aromatic carbocycles. The maximum absolute atomic E-state index is 13.2. The van der Waals surface area contributed by atoms with Crippen LogP contribution in [0.25, 0.3) is 0 Å². The minimum Gasteiger partial charge on any atom is -0.493 e. The highest BCUT2D eigenvalue weighted by molar-refractivity contribution is 7.90. The van der Waals surface area contributed by atoms with Gasteiger partial charge in [-0.2, -0.15) is 0 Å². The highest BCUT2D eigenvalue weighted by atomic mass is 32.2. The summed E-state index contributed by atoms with van der Waals surface area (Å²) in [7, 11) is -1.43. The van der Waals surface area contributed by atoms with E-state index >= 15 is 0 Å². The van der Waals surface area contributed by atoms with Crippen molar-refractivity contribution in [2.45, 2.75) is 37.8 Å². The number of rotatable bonds is 6. The summed E-state index contributed by atoms with van der Waals surface area (Å²) in [6.45, 7) is 5.28. The van der Waals surface area contributed by atoms with Gasteiger partial charge in [-0.15, -0.1) is 0 Å². The van der Waals surface area contributed by atoms with E-state index in [1.54, 1.807) is 4.90 Å². The van der Waals surface area contributed by atoms with Crippen LogP contribution in [0.4, 0.5) is 0 Å². The molecule has 0 bridgehead atoms. The lowest BCUT2D eigenvalue weighted by Crippen LogP contribution is -2.50. The third kappa shape index (κ3) is 4.23. The molecule has 9 heteroatoms. The van der Waals surface area contributed by atoms with Crippen LogP contribution in [0, 0.1) is 0 Å². The molecule has 0 fully saturated rings. The largest absolute Gasteiger partial charge is 0.493 e. The van der Waals surface area contributed by atoms with Crippen molar-refractivity contribution in [3.63, 3.8) is 0 Å². The van der Waals surface area contributed by atoms with Gasteiger partial charge in [-0.25, -0.2) is 12.7 Å². The van der Waals surface area contributed by atoms with Gasteiger partial charge >= 0.3 is 0 Å². The molecule has 0 saturated carbocycles. The van der Waals surface area contributed by atoms with Crippen LogP contribution >= 0.6 is 0 Å². The van der Waals surface area contributed by atoms with Gasteiger partial charge in [0.05, 0.1) is 19.8 Å². The number of ether oxygens (including phenoxy) is 2. The van der Waals surface area contributed by atoms with Crippen LogP contribution in [-0.4, -0.2) is 55.7 Å². The Morgan fingerprint density at radius 3 is 2.16 bits per heavy atom. The molecule has 31 heavy (non-hydrogen) atoms. The summed E-state index contributed by atoms with van der Waals surface area (Å²) in [5.41, 5.74) is 0.272. The average Bonchev–Trinajstić information content (AvgIpc) is 2.90. The van der Waals surface area contributed by atoms with Crippen molar-refractivity contribution in [3.8, 4) is 11.5 Å². The van der Waals surface area contributed by atoms with E-state index in [0.29, 0.717) is 10.8 Å². The number of hydrogen-bond donors (Lipinski definition) is 0. The van der Waals surface area contributed by atoms with Crippen molar-refractivity contribution < 1.29 is 27.5 Å². The minimum atomic E-state index is -4.20. The molecule has 2 aromatic rings. The molecule has 0 aliphatic carbocycles. The zero-order valence-corrected chi connectivity index (χ0v) is 19.0. The van der Waals surface area contributed by atoms with Gasteiger partial charge in [0.15, 0.2) is 11.5 Å². The SMILES string of the molecule is COc1cc2c(cc1OC)S(=O)(=O)N(CC(=O)N(Cc1ccccc1)C(C)(C)C)C2=O. The number of sulfonamides is 1. The van der Waals surface area contributed by atoms with Crippen LogP contribution in [0.1, 0.15) is 36.7 Å². The predicted octanol–water partition coefficient (Wildman–Crippen LogP) is 2.68. The molecule has 1 heterocycles. The van der Waals surface area contributed by atoms with Crippen LogP contribution < -0.4 is 9.47 Å². The first-order valence-corrected chi connectivity index (χ1v) is 11.1. The van der Waals surface area contributed by atoms with Gasteiger partial charge in [0.1, 0.15) is 11.4 Å².